The number of hydrogen-bond donors (Lipinski definition) is 3. The smallest absolute Gasteiger partial charge is 0.330 e. The minimum Gasteiger partial charge on any atom is -0.494 e. The lowest BCUT2D eigenvalue weighted by atomic mass is 9.90. The van der Waals surface area contributed by atoms with E-state index in [1.54, 1.807) is 12.2 Å². The average molecular weight is 371 g/mol. The van der Waals surface area contributed by atoms with Crippen molar-refractivity contribution in [1.29, 1.82) is 0 Å². The number of hydrogen-bond acceptors (Lipinski definition) is 7. The van der Waals surface area contributed by atoms with Gasteiger partial charge in [0.25, 0.3) is 10.1 Å². The summed E-state index contributed by atoms with van der Waals surface area (Å²) in [7, 11) is -4.14. The molecule has 0 saturated heterocycles. The summed E-state index contributed by atoms with van der Waals surface area (Å²) in [4.78, 5) is 11.3. The third-order valence-electron chi connectivity index (χ3n) is 4.21. The molecule has 0 saturated carbocycles. The monoisotopic (exact) mass is 371 g/mol. The molecule has 2 aliphatic rings. The zero-order valence-corrected chi connectivity index (χ0v) is 13.9. The van der Waals surface area contributed by atoms with E-state index in [2.05, 4.69) is 6.58 Å². The Morgan fingerprint density at radius 2 is 2.16 bits per heavy atom. The molecule has 0 aliphatic carbocycles. The van der Waals surface area contributed by atoms with Gasteiger partial charge in [0.15, 0.2) is 5.60 Å². The summed E-state index contributed by atoms with van der Waals surface area (Å²) >= 11 is 0. The van der Waals surface area contributed by atoms with Crippen LogP contribution in [0.5, 0.6) is 11.8 Å². The topological polar surface area (TPSA) is 135 Å². The molecule has 9 nitrogen and oxygen atoms in total. The maximum atomic E-state index is 11.3. The first-order chi connectivity index (χ1) is 11.7. The number of aromatic hydroxyl groups is 2. The van der Waals surface area contributed by atoms with Gasteiger partial charge in [-0.25, -0.2) is 4.79 Å². The summed E-state index contributed by atoms with van der Waals surface area (Å²) in [6.07, 6.45) is 3.70. The molecule has 10 heteroatoms. The van der Waals surface area contributed by atoms with Gasteiger partial charge in [-0.1, -0.05) is 12.7 Å². The van der Waals surface area contributed by atoms with Gasteiger partial charge >= 0.3 is 5.97 Å². The molecule has 0 spiro atoms. The third kappa shape index (κ3) is 2.92. The molecule has 0 radical (unpaired) electrons. The van der Waals surface area contributed by atoms with E-state index in [9.17, 15) is 23.4 Å². The van der Waals surface area contributed by atoms with Gasteiger partial charge in [-0.2, -0.15) is 8.42 Å². The second kappa shape index (κ2) is 5.90. The number of carbonyl (C=O) groups is 1. The lowest BCUT2D eigenvalue weighted by Gasteiger charge is -2.23. The first kappa shape index (κ1) is 17.5. The lowest BCUT2D eigenvalue weighted by molar-refractivity contribution is -0.146. The fourth-order valence-electron chi connectivity index (χ4n) is 3.15. The molecule has 136 valence electrons. The van der Waals surface area contributed by atoms with Crippen molar-refractivity contribution < 1.29 is 37.5 Å². The zero-order valence-electron chi connectivity index (χ0n) is 13.1. The molecule has 2 bridgehead atoms. The van der Waals surface area contributed by atoms with Gasteiger partial charge < -0.3 is 19.7 Å². The van der Waals surface area contributed by atoms with Crippen molar-refractivity contribution >= 4 is 16.1 Å². The molecule has 0 fully saturated rings. The van der Waals surface area contributed by atoms with Crippen molar-refractivity contribution in [2.45, 2.75) is 24.7 Å². The molecule has 0 aromatic carbocycles. The molecular weight excluding hydrogens is 354 g/mol. The Morgan fingerprint density at radius 1 is 1.44 bits per heavy atom. The molecule has 1 aromatic heterocycles. The van der Waals surface area contributed by atoms with Crippen LogP contribution in [0.25, 0.3) is 0 Å². The Morgan fingerprint density at radius 3 is 2.80 bits per heavy atom. The van der Waals surface area contributed by atoms with Crippen LogP contribution in [0.1, 0.15) is 23.7 Å². The van der Waals surface area contributed by atoms with E-state index in [-0.39, 0.29) is 36.9 Å². The van der Waals surface area contributed by atoms with E-state index in [0.29, 0.717) is 5.56 Å². The Balaban J connectivity index is 1.88. The third-order valence-corrected chi connectivity index (χ3v) is 5.01. The highest BCUT2D eigenvalue weighted by atomic mass is 32.2. The maximum absolute atomic E-state index is 11.3. The predicted molar refractivity (Wildman–Crippen MR) is 84.6 cm³/mol. The van der Waals surface area contributed by atoms with Crippen LogP contribution in [-0.2, 0) is 36.5 Å². The number of carbonyl (C=O) groups excluding carboxylic acids is 1. The predicted octanol–water partition coefficient (Wildman–Crippen LogP) is 0.743. The van der Waals surface area contributed by atoms with Crippen molar-refractivity contribution in [3.8, 4) is 11.8 Å². The maximum Gasteiger partial charge on any atom is 0.330 e. The van der Waals surface area contributed by atoms with Crippen molar-refractivity contribution in [3.63, 3.8) is 0 Å². The standard InChI is InChI=1S/C15H17NO8S/c1-2-10(17)23-8-15-5-4-9(24-15)11-12(15)14(19)16(13(11)18)6-3-7-25(20,21)22/h2,4-5,9,18-19H,1,3,6-8H2,(H,20,21,22). The molecule has 1 aromatic rings. The largest absolute Gasteiger partial charge is 0.494 e. The number of rotatable bonds is 7. The van der Waals surface area contributed by atoms with Crippen molar-refractivity contribution in [2.24, 2.45) is 0 Å². The number of ether oxygens (including phenoxy) is 2. The highest BCUT2D eigenvalue weighted by Crippen LogP contribution is 2.57. The molecule has 2 atom stereocenters. The van der Waals surface area contributed by atoms with Crippen LogP contribution >= 0.6 is 0 Å². The van der Waals surface area contributed by atoms with Crippen LogP contribution in [0, 0.1) is 0 Å². The van der Waals surface area contributed by atoms with Gasteiger partial charge in [-0.15, -0.1) is 0 Å². The Hall–Kier alpha value is -2.30. The Bertz CT molecular complexity index is 869. The molecular formula is C15H17NO8S. The van der Waals surface area contributed by atoms with Crippen LogP contribution in [0.4, 0.5) is 0 Å². The van der Waals surface area contributed by atoms with E-state index in [1.807, 2.05) is 0 Å². The van der Waals surface area contributed by atoms with Gasteiger partial charge in [-0.05, 0) is 12.5 Å². The number of fused-ring (bicyclic) bond motifs is 5. The van der Waals surface area contributed by atoms with Gasteiger partial charge in [-0.3, -0.25) is 9.12 Å². The Kier molecular flexibility index (Phi) is 4.13. The van der Waals surface area contributed by atoms with E-state index in [4.69, 9.17) is 14.0 Å². The van der Waals surface area contributed by atoms with Gasteiger partial charge in [0, 0.05) is 12.6 Å². The summed E-state index contributed by atoms with van der Waals surface area (Å²) in [5.41, 5.74) is -0.586. The Labute approximate surface area is 143 Å². The number of esters is 1. The van der Waals surface area contributed by atoms with Crippen LogP contribution in [0.3, 0.4) is 0 Å². The van der Waals surface area contributed by atoms with Gasteiger partial charge in [0.05, 0.1) is 16.9 Å². The fourth-order valence-corrected chi connectivity index (χ4v) is 3.65. The van der Waals surface area contributed by atoms with E-state index >= 15 is 0 Å². The molecule has 2 unspecified atom stereocenters. The van der Waals surface area contributed by atoms with Crippen LogP contribution in [-0.4, -0.2) is 46.1 Å². The quantitative estimate of drug-likeness (QED) is 0.276. The summed E-state index contributed by atoms with van der Waals surface area (Å²) in [6.45, 7) is 3.07. The fraction of sp³-hybridized carbons (Fsp3) is 0.400. The van der Waals surface area contributed by atoms with Crippen LogP contribution in [0.2, 0.25) is 0 Å². The SMILES string of the molecule is C=CC(=O)OCC12C=CC(O1)c1c2c(O)n(CCCS(=O)(=O)O)c1O. The minimum atomic E-state index is -4.14. The molecule has 25 heavy (non-hydrogen) atoms. The highest BCUT2D eigenvalue weighted by Gasteiger charge is 2.53. The van der Waals surface area contributed by atoms with Crippen molar-refractivity contribution in [3.05, 3.63) is 35.9 Å². The summed E-state index contributed by atoms with van der Waals surface area (Å²) in [5, 5.41) is 20.9. The lowest BCUT2D eigenvalue weighted by Crippen LogP contribution is -2.29. The molecule has 0 amide bonds. The number of aromatic nitrogens is 1. The molecule has 3 rings (SSSR count). The van der Waals surface area contributed by atoms with E-state index in [0.717, 1.165) is 10.6 Å². The van der Waals surface area contributed by atoms with E-state index in [1.165, 1.54) is 0 Å². The molecule has 2 aliphatic heterocycles. The second-order valence-electron chi connectivity index (χ2n) is 5.83. The second-order valence-corrected chi connectivity index (χ2v) is 7.40. The highest BCUT2D eigenvalue weighted by molar-refractivity contribution is 7.85. The van der Waals surface area contributed by atoms with Crippen molar-refractivity contribution in [1.82, 2.24) is 4.57 Å². The zero-order chi connectivity index (χ0) is 18.4. The molecule has 3 heterocycles. The summed E-state index contributed by atoms with van der Waals surface area (Å²) < 4.78 is 42.3. The first-order valence-electron chi connectivity index (χ1n) is 7.45. The van der Waals surface area contributed by atoms with Crippen LogP contribution in [0.15, 0.2) is 24.8 Å². The van der Waals surface area contributed by atoms with Crippen LogP contribution < -0.4 is 0 Å². The minimum absolute atomic E-state index is 0.00901. The molecule has 3 N–H and O–H groups in total. The van der Waals surface area contributed by atoms with Gasteiger partial charge in [0.2, 0.25) is 11.8 Å². The number of nitrogens with zero attached hydrogens (tertiary/aromatic N) is 1. The summed E-state index contributed by atoms with van der Waals surface area (Å²) in [6, 6.07) is 0. The van der Waals surface area contributed by atoms with E-state index < -0.39 is 33.5 Å². The average Bonchev–Trinajstić information content (AvgIpc) is 3.17. The summed E-state index contributed by atoms with van der Waals surface area (Å²) in [5.74, 6) is -1.72. The normalized spacial score (nSPS) is 23.6. The first-order valence-corrected chi connectivity index (χ1v) is 9.06. The van der Waals surface area contributed by atoms with Gasteiger partial charge in [0.1, 0.15) is 12.7 Å². The van der Waals surface area contributed by atoms with Crippen molar-refractivity contribution in [2.75, 3.05) is 12.4 Å².